The van der Waals surface area contributed by atoms with E-state index in [0.717, 1.165) is 24.3 Å². The van der Waals surface area contributed by atoms with Crippen LogP contribution in [0.2, 0.25) is 0 Å². The molecule has 1 aromatic carbocycles. The van der Waals surface area contributed by atoms with Gasteiger partial charge in [0, 0.05) is 39.5 Å². The Morgan fingerprint density at radius 3 is 2.37 bits per heavy atom. The van der Waals surface area contributed by atoms with E-state index in [1.807, 2.05) is 13.1 Å². The fourth-order valence-corrected chi connectivity index (χ4v) is 2.53. The third-order valence-electron chi connectivity index (χ3n) is 3.51. The van der Waals surface area contributed by atoms with E-state index < -0.39 is 0 Å². The minimum Gasteiger partial charge on any atom is -0.377 e. The van der Waals surface area contributed by atoms with Gasteiger partial charge in [0.25, 0.3) is 0 Å². The fourth-order valence-electron chi connectivity index (χ4n) is 2.53. The van der Waals surface area contributed by atoms with Crippen LogP contribution < -0.4 is 10.2 Å². The van der Waals surface area contributed by atoms with Crippen LogP contribution in [0.1, 0.15) is 5.56 Å². The SMILES string of the molecule is CNCc1cc(F)cc(N2CC(OC)C(OC)C2)c1. The zero-order valence-electron chi connectivity index (χ0n) is 11.6. The van der Waals surface area contributed by atoms with Crippen LogP contribution in [-0.2, 0) is 16.0 Å². The predicted molar refractivity (Wildman–Crippen MR) is 73.0 cm³/mol. The summed E-state index contributed by atoms with van der Waals surface area (Å²) in [4.78, 5) is 2.10. The van der Waals surface area contributed by atoms with Gasteiger partial charge in [0.2, 0.25) is 0 Å². The molecule has 0 amide bonds. The molecular formula is C14H21FN2O2. The first kappa shape index (κ1) is 14.2. The summed E-state index contributed by atoms with van der Waals surface area (Å²) in [6.45, 7) is 2.09. The van der Waals surface area contributed by atoms with Gasteiger partial charge in [0.05, 0.1) is 0 Å². The zero-order valence-corrected chi connectivity index (χ0v) is 11.6. The minimum absolute atomic E-state index is 0.0287. The summed E-state index contributed by atoms with van der Waals surface area (Å²) in [5.74, 6) is -0.211. The van der Waals surface area contributed by atoms with Crippen LogP contribution in [0.25, 0.3) is 0 Å². The Balaban J connectivity index is 2.18. The van der Waals surface area contributed by atoms with E-state index >= 15 is 0 Å². The smallest absolute Gasteiger partial charge is 0.125 e. The van der Waals surface area contributed by atoms with Gasteiger partial charge < -0.3 is 19.7 Å². The van der Waals surface area contributed by atoms with Crippen LogP contribution in [0.3, 0.4) is 0 Å². The van der Waals surface area contributed by atoms with E-state index in [1.165, 1.54) is 0 Å². The van der Waals surface area contributed by atoms with Gasteiger partial charge in [-0.05, 0) is 30.8 Å². The van der Waals surface area contributed by atoms with Crippen molar-refractivity contribution in [2.75, 3.05) is 39.3 Å². The van der Waals surface area contributed by atoms with Crippen molar-refractivity contribution in [3.05, 3.63) is 29.6 Å². The first-order valence-electron chi connectivity index (χ1n) is 6.42. The molecular weight excluding hydrogens is 247 g/mol. The Morgan fingerprint density at radius 2 is 1.84 bits per heavy atom. The zero-order chi connectivity index (χ0) is 13.8. The first-order chi connectivity index (χ1) is 9.17. The summed E-state index contributed by atoms with van der Waals surface area (Å²) in [6, 6.07) is 5.12. The van der Waals surface area contributed by atoms with E-state index in [2.05, 4.69) is 10.2 Å². The van der Waals surface area contributed by atoms with Gasteiger partial charge in [-0.2, -0.15) is 0 Å². The van der Waals surface area contributed by atoms with Crippen LogP contribution in [-0.4, -0.2) is 46.6 Å². The Hall–Kier alpha value is -1.17. The van der Waals surface area contributed by atoms with Gasteiger partial charge >= 0.3 is 0 Å². The lowest BCUT2D eigenvalue weighted by atomic mass is 10.2. The van der Waals surface area contributed by atoms with E-state index in [1.54, 1.807) is 26.4 Å². The number of benzene rings is 1. The van der Waals surface area contributed by atoms with E-state index in [0.29, 0.717) is 6.54 Å². The van der Waals surface area contributed by atoms with E-state index in [4.69, 9.17) is 9.47 Å². The maximum absolute atomic E-state index is 13.6. The average Bonchev–Trinajstić information content (AvgIpc) is 2.81. The summed E-state index contributed by atoms with van der Waals surface area (Å²) in [7, 11) is 5.21. The van der Waals surface area contributed by atoms with Crippen LogP contribution in [0, 0.1) is 5.82 Å². The van der Waals surface area contributed by atoms with E-state index in [-0.39, 0.29) is 18.0 Å². The molecule has 1 fully saturated rings. The van der Waals surface area contributed by atoms with Crippen molar-refractivity contribution < 1.29 is 13.9 Å². The summed E-state index contributed by atoms with van der Waals surface area (Å²) >= 11 is 0. The highest BCUT2D eigenvalue weighted by Crippen LogP contribution is 2.25. The Labute approximate surface area is 113 Å². The molecule has 0 bridgehead atoms. The molecule has 106 valence electrons. The second-order valence-corrected chi connectivity index (χ2v) is 4.80. The molecule has 1 heterocycles. The Morgan fingerprint density at radius 1 is 1.21 bits per heavy atom. The van der Waals surface area contributed by atoms with Crippen molar-refractivity contribution in [1.29, 1.82) is 0 Å². The van der Waals surface area contributed by atoms with Gasteiger partial charge in [-0.3, -0.25) is 0 Å². The number of ether oxygens (including phenoxy) is 2. The number of nitrogens with zero attached hydrogens (tertiary/aromatic N) is 1. The summed E-state index contributed by atoms with van der Waals surface area (Å²) in [6.07, 6.45) is 0.0574. The second-order valence-electron chi connectivity index (χ2n) is 4.80. The molecule has 0 aromatic heterocycles. The molecule has 0 aliphatic carbocycles. The fraction of sp³-hybridized carbons (Fsp3) is 0.571. The molecule has 2 unspecified atom stereocenters. The Kier molecular flexibility index (Phi) is 4.74. The lowest BCUT2D eigenvalue weighted by molar-refractivity contribution is -0.00461. The molecule has 1 N–H and O–H groups in total. The minimum atomic E-state index is -0.211. The monoisotopic (exact) mass is 268 g/mol. The predicted octanol–water partition coefficient (Wildman–Crippen LogP) is 1.40. The third kappa shape index (κ3) is 3.23. The molecule has 1 aromatic rings. The lowest BCUT2D eigenvalue weighted by Gasteiger charge is -2.19. The van der Waals surface area contributed by atoms with Crippen LogP contribution >= 0.6 is 0 Å². The quantitative estimate of drug-likeness (QED) is 0.875. The highest BCUT2D eigenvalue weighted by molar-refractivity contribution is 5.50. The molecule has 2 atom stereocenters. The maximum Gasteiger partial charge on any atom is 0.125 e. The number of hydrogen-bond acceptors (Lipinski definition) is 4. The molecule has 0 radical (unpaired) electrons. The number of hydrogen-bond donors (Lipinski definition) is 1. The van der Waals surface area contributed by atoms with Gasteiger partial charge in [-0.1, -0.05) is 0 Å². The lowest BCUT2D eigenvalue weighted by Crippen LogP contribution is -2.27. The number of nitrogens with one attached hydrogen (secondary N) is 1. The van der Waals surface area contributed by atoms with Crippen LogP contribution in [0.4, 0.5) is 10.1 Å². The van der Waals surface area contributed by atoms with Crippen molar-refractivity contribution in [2.45, 2.75) is 18.8 Å². The molecule has 5 heteroatoms. The molecule has 1 aliphatic heterocycles. The van der Waals surface area contributed by atoms with Gasteiger partial charge in [0.15, 0.2) is 0 Å². The molecule has 4 nitrogen and oxygen atoms in total. The van der Waals surface area contributed by atoms with Crippen molar-refractivity contribution in [2.24, 2.45) is 0 Å². The number of halogens is 1. The molecule has 1 saturated heterocycles. The molecule has 0 saturated carbocycles. The highest BCUT2D eigenvalue weighted by atomic mass is 19.1. The van der Waals surface area contributed by atoms with Crippen molar-refractivity contribution in [3.63, 3.8) is 0 Å². The van der Waals surface area contributed by atoms with Crippen LogP contribution in [0.15, 0.2) is 18.2 Å². The van der Waals surface area contributed by atoms with Gasteiger partial charge in [0.1, 0.15) is 18.0 Å². The summed E-state index contributed by atoms with van der Waals surface area (Å²) in [5, 5.41) is 3.03. The summed E-state index contributed by atoms with van der Waals surface area (Å²) < 4.78 is 24.4. The van der Waals surface area contributed by atoms with Crippen LogP contribution in [0.5, 0.6) is 0 Å². The van der Waals surface area contributed by atoms with Crippen molar-refractivity contribution >= 4 is 5.69 Å². The number of methoxy groups -OCH3 is 2. The van der Waals surface area contributed by atoms with Crippen molar-refractivity contribution in [1.82, 2.24) is 5.32 Å². The molecule has 19 heavy (non-hydrogen) atoms. The number of rotatable bonds is 5. The first-order valence-corrected chi connectivity index (χ1v) is 6.42. The van der Waals surface area contributed by atoms with Gasteiger partial charge in [-0.15, -0.1) is 0 Å². The standard InChI is InChI=1S/C14H21FN2O2/c1-16-7-10-4-11(15)6-12(5-10)17-8-13(18-2)14(9-17)19-3/h4-6,13-14,16H,7-9H2,1-3H3. The molecule has 0 spiro atoms. The normalized spacial score (nSPS) is 23.1. The van der Waals surface area contributed by atoms with Gasteiger partial charge in [-0.25, -0.2) is 4.39 Å². The third-order valence-corrected chi connectivity index (χ3v) is 3.51. The molecule has 1 aliphatic rings. The number of anilines is 1. The topological polar surface area (TPSA) is 33.7 Å². The largest absolute Gasteiger partial charge is 0.377 e. The maximum atomic E-state index is 13.6. The second kappa shape index (κ2) is 6.32. The van der Waals surface area contributed by atoms with E-state index in [9.17, 15) is 4.39 Å². The Bertz CT molecular complexity index is 416. The summed E-state index contributed by atoms with van der Waals surface area (Å²) in [5.41, 5.74) is 1.82. The molecule has 2 rings (SSSR count). The average molecular weight is 268 g/mol. The highest BCUT2D eigenvalue weighted by Gasteiger charge is 2.33. The van der Waals surface area contributed by atoms with Crippen molar-refractivity contribution in [3.8, 4) is 0 Å².